The predicted molar refractivity (Wildman–Crippen MR) is 72.6 cm³/mol. The van der Waals surface area contributed by atoms with Gasteiger partial charge in [0.1, 0.15) is 0 Å². The molecule has 0 aliphatic heterocycles. The van der Waals surface area contributed by atoms with Gasteiger partial charge in [0.15, 0.2) is 5.65 Å². The molecule has 0 radical (unpaired) electrons. The van der Waals surface area contributed by atoms with Gasteiger partial charge in [0.2, 0.25) is 0 Å². The molecule has 4 aromatic rings. The Morgan fingerprint density at radius 2 is 1.83 bits per heavy atom. The van der Waals surface area contributed by atoms with E-state index in [4.69, 9.17) is 0 Å². The van der Waals surface area contributed by atoms with Gasteiger partial charge in [-0.1, -0.05) is 36.4 Å². The van der Waals surface area contributed by atoms with Gasteiger partial charge in [-0.25, -0.2) is 4.40 Å². The second-order valence-electron chi connectivity index (χ2n) is 4.56. The Hall–Kier alpha value is -2.53. The molecule has 0 unspecified atom stereocenters. The maximum absolute atomic E-state index is 4.31. The lowest BCUT2D eigenvalue weighted by Gasteiger charge is -2.07. The standard InChI is InChI=1S/C16H10N2/c1-11-6-7-13-12-4-2-3-5-14(12)16-17-8-9-18(16)15(13)10-11/h2-7,10H,1H3. The van der Waals surface area contributed by atoms with Crippen LogP contribution in [0.4, 0.5) is 0 Å². The molecule has 18 heavy (non-hydrogen) atoms. The van der Waals surface area contributed by atoms with Gasteiger partial charge in [0.25, 0.3) is 0 Å². The fraction of sp³-hybridized carbons (Fsp3) is 0.0625. The Morgan fingerprint density at radius 1 is 1.00 bits per heavy atom. The first kappa shape index (κ1) is 9.49. The molecular formula is C16H10N2. The summed E-state index contributed by atoms with van der Waals surface area (Å²) in [7, 11) is 0. The molecule has 4 rings (SSSR count). The molecule has 2 nitrogen and oxygen atoms in total. The molecule has 0 N–H and O–H groups in total. The number of aromatic nitrogens is 2. The van der Waals surface area contributed by atoms with E-state index >= 15 is 0 Å². The quantitative estimate of drug-likeness (QED) is 0.422. The van der Waals surface area contributed by atoms with Gasteiger partial charge in [-0.15, -0.1) is 0 Å². The molecule has 0 saturated heterocycles. The first-order chi connectivity index (χ1) is 8.84. The Labute approximate surface area is 104 Å². The van der Waals surface area contributed by atoms with Crippen molar-refractivity contribution >= 4 is 27.3 Å². The molecule has 0 atom stereocenters. The number of nitrogens with zero attached hydrogens (tertiary/aromatic N) is 2. The van der Waals surface area contributed by atoms with Crippen LogP contribution in [0, 0.1) is 19.3 Å². The van der Waals surface area contributed by atoms with E-state index in [-0.39, 0.29) is 0 Å². The average molecular weight is 230 g/mol. The third kappa shape index (κ3) is 1.11. The summed E-state index contributed by atoms with van der Waals surface area (Å²) in [5, 5.41) is 3.60. The van der Waals surface area contributed by atoms with Crippen molar-refractivity contribution in [3.05, 3.63) is 60.4 Å². The van der Waals surface area contributed by atoms with Crippen molar-refractivity contribution in [1.29, 1.82) is 0 Å². The van der Waals surface area contributed by atoms with Gasteiger partial charge >= 0.3 is 0 Å². The summed E-state index contributed by atoms with van der Waals surface area (Å²) in [6.07, 6.45) is 5.89. The Bertz CT molecular complexity index is 887. The molecule has 2 aromatic heterocycles. The third-order valence-corrected chi connectivity index (χ3v) is 3.39. The molecule has 2 heterocycles. The number of benzene rings is 2. The van der Waals surface area contributed by atoms with Crippen LogP contribution in [0.25, 0.3) is 27.3 Å². The van der Waals surface area contributed by atoms with E-state index in [0.29, 0.717) is 0 Å². The molecule has 2 heteroatoms. The van der Waals surface area contributed by atoms with E-state index in [1.807, 2.05) is 10.5 Å². The van der Waals surface area contributed by atoms with Crippen LogP contribution in [0.5, 0.6) is 0 Å². The summed E-state index contributed by atoms with van der Waals surface area (Å²) in [5.41, 5.74) is 3.29. The number of hydrogen-bond acceptors (Lipinski definition) is 1. The highest BCUT2D eigenvalue weighted by Crippen LogP contribution is 2.28. The van der Waals surface area contributed by atoms with Crippen molar-refractivity contribution < 1.29 is 0 Å². The first-order valence-corrected chi connectivity index (χ1v) is 5.93. The van der Waals surface area contributed by atoms with Gasteiger partial charge in [-0.3, -0.25) is 0 Å². The normalized spacial score (nSPS) is 11.2. The van der Waals surface area contributed by atoms with Crippen LogP contribution in [-0.4, -0.2) is 9.38 Å². The van der Waals surface area contributed by atoms with Gasteiger partial charge < -0.3 is 0 Å². The van der Waals surface area contributed by atoms with Gasteiger partial charge in [-0.2, -0.15) is 4.98 Å². The smallest absolute Gasteiger partial charge is 0.163 e. The number of rotatable bonds is 0. The summed E-state index contributed by atoms with van der Waals surface area (Å²) >= 11 is 0. The largest absolute Gasteiger partial charge is 0.250 e. The lowest BCUT2D eigenvalue weighted by Crippen LogP contribution is -1.91. The van der Waals surface area contributed by atoms with Crippen molar-refractivity contribution in [2.24, 2.45) is 0 Å². The summed E-state index contributed by atoms with van der Waals surface area (Å²) in [5.74, 6) is 0. The summed E-state index contributed by atoms with van der Waals surface area (Å²) in [6.45, 7) is 2.10. The SMILES string of the molecule is Cc1ccc2c3ccccc3c3nc#cn3c2c1. The van der Waals surface area contributed by atoms with Crippen LogP contribution < -0.4 is 0 Å². The maximum atomic E-state index is 4.31. The Morgan fingerprint density at radius 3 is 2.72 bits per heavy atom. The highest BCUT2D eigenvalue weighted by atomic mass is 15.0. The zero-order valence-corrected chi connectivity index (χ0v) is 9.94. The molecule has 0 bridgehead atoms. The zero-order valence-electron chi connectivity index (χ0n) is 9.94. The average Bonchev–Trinajstić information content (AvgIpc) is 2.88. The number of aryl methyl sites for hydroxylation is 1. The molecule has 0 spiro atoms. The minimum Gasteiger partial charge on any atom is -0.250 e. The second kappa shape index (κ2) is 3.24. The van der Waals surface area contributed by atoms with Crippen LogP contribution in [0.2, 0.25) is 0 Å². The van der Waals surface area contributed by atoms with E-state index in [1.54, 1.807) is 0 Å². The summed E-state index contributed by atoms with van der Waals surface area (Å²) in [6, 6.07) is 14.8. The summed E-state index contributed by atoms with van der Waals surface area (Å²) in [4.78, 5) is 4.31. The van der Waals surface area contributed by atoms with Crippen molar-refractivity contribution in [1.82, 2.24) is 9.38 Å². The monoisotopic (exact) mass is 230 g/mol. The van der Waals surface area contributed by atoms with Crippen LogP contribution in [0.3, 0.4) is 0 Å². The lowest BCUT2D eigenvalue weighted by atomic mass is 10.0. The second-order valence-corrected chi connectivity index (χ2v) is 4.56. The van der Waals surface area contributed by atoms with Gasteiger partial charge in [-0.05, 0) is 23.9 Å². The zero-order chi connectivity index (χ0) is 12.1. The maximum Gasteiger partial charge on any atom is 0.163 e. The van der Waals surface area contributed by atoms with Crippen molar-refractivity contribution in [2.75, 3.05) is 0 Å². The fourth-order valence-corrected chi connectivity index (χ4v) is 2.55. The highest BCUT2D eigenvalue weighted by molar-refractivity contribution is 6.11. The molecular weight excluding hydrogens is 220 g/mol. The molecule has 0 saturated carbocycles. The Balaban J connectivity index is 2.44. The number of hydrogen-bond donors (Lipinski definition) is 0. The van der Waals surface area contributed by atoms with E-state index < -0.39 is 0 Å². The molecule has 2 aromatic carbocycles. The topological polar surface area (TPSA) is 17.3 Å². The van der Waals surface area contributed by atoms with Crippen LogP contribution in [0.15, 0.2) is 42.5 Å². The number of fused-ring (bicyclic) bond motifs is 6. The fourth-order valence-electron chi connectivity index (χ4n) is 2.55. The molecule has 84 valence electrons. The first-order valence-electron chi connectivity index (χ1n) is 5.93. The van der Waals surface area contributed by atoms with Crippen molar-refractivity contribution in [3.8, 4) is 0 Å². The van der Waals surface area contributed by atoms with Crippen molar-refractivity contribution in [3.63, 3.8) is 0 Å². The van der Waals surface area contributed by atoms with E-state index in [1.165, 1.54) is 16.3 Å². The van der Waals surface area contributed by atoms with E-state index in [2.05, 4.69) is 60.7 Å². The van der Waals surface area contributed by atoms with Crippen LogP contribution in [0.1, 0.15) is 5.56 Å². The predicted octanol–water partition coefficient (Wildman–Crippen LogP) is 3.55. The minimum absolute atomic E-state index is 0.920. The van der Waals surface area contributed by atoms with Gasteiger partial charge in [0.05, 0.1) is 11.7 Å². The number of pyridine rings is 1. The minimum atomic E-state index is 0.920. The van der Waals surface area contributed by atoms with Gasteiger partial charge in [0, 0.05) is 17.0 Å². The lowest BCUT2D eigenvalue weighted by molar-refractivity contribution is 1.25. The van der Waals surface area contributed by atoms with E-state index in [9.17, 15) is 0 Å². The van der Waals surface area contributed by atoms with Crippen LogP contribution in [-0.2, 0) is 0 Å². The molecule has 0 amide bonds. The summed E-state index contributed by atoms with van der Waals surface area (Å²) < 4.78 is 1.99. The molecule has 0 aliphatic carbocycles. The highest BCUT2D eigenvalue weighted by Gasteiger charge is 2.08. The molecule has 0 fully saturated rings. The van der Waals surface area contributed by atoms with Crippen LogP contribution >= 0.6 is 0 Å². The van der Waals surface area contributed by atoms with Crippen molar-refractivity contribution in [2.45, 2.75) is 6.92 Å². The third-order valence-electron chi connectivity index (χ3n) is 3.39. The molecule has 0 aliphatic rings. The van der Waals surface area contributed by atoms with E-state index in [0.717, 1.165) is 16.6 Å². The Kier molecular flexibility index (Phi) is 1.71.